The Bertz CT molecular complexity index is 7580. The highest BCUT2D eigenvalue weighted by Crippen LogP contribution is 2.56. The minimum Gasteiger partial charge on any atom is -0.456 e. The van der Waals surface area contributed by atoms with Gasteiger partial charge < -0.3 is 27.9 Å². The summed E-state index contributed by atoms with van der Waals surface area (Å²) in [6.45, 7) is 33.8. The van der Waals surface area contributed by atoms with Gasteiger partial charge in [-0.1, -0.05) is 286 Å². The summed E-state index contributed by atoms with van der Waals surface area (Å²) >= 11 is 0. The van der Waals surface area contributed by atoms with Crippen molar-refractivity contribution in [2.24, 2.45) is 0 Å². The minimum atomic E-state index is -0.589. The average molecular weight is 1520 g/mol. The summed E-state index contributed by atoms with van der Waals surface area (Å²) < 4.78 is 90.6. The molecule has 2 aliphatic rings. The van der Waals surface area contributed by atoms with E-state index in [1.807, 2.05) is 24.3 Å². The van der Waals surface area contributed by atoms with Gasteiger partial charge in [-0.25, -0.2) is 0 Å². The Morgan fingerprint density at radius 1 is 0.274 bits per heavy atom. The summed E-state index contributed by atoms with van der Waals surface area (Å²) in [6.07, 6.45) is 0. The second kappa shape index (κ2) is 25.8. The molecule has 0 atom stereocenters. The lowest BCUT2D eigenvalue weighted by molar-refractivity contribution is 0.590. The molecule has 0 radical (unpaired) electrons. The Kier molecular flexibility index (Phi) is 14.0. The summed E-state index contributed by atoms with van der Waals surface area (Å²) in [6, 6.07) is 92.7. The van der Waals surface area contributed by atoms with Crippen LogP contribution in [0.1, 0.15) is 143 Å². The maximum absolute atomic E-state index is 10.0. The van der Waals surface area contributed by atoms with E-state index in [2.05, 4.69) is 359 Å². The Balaban J connectivity index is 0.994. The van der Waals surface area contributed by atoms with Gasteiger partial charge in [-0.2, -0.15) is 0 Å². The summed E-state index contributed by atoms with van der Waals surface area (Å²) in [7, 11) is 0. The molecule has 0 fully saturated rings. The third-order valence-electron chi connectivity index (χ3n) is 25.0. The van der Waals surface area contributed by atoms with Crippen LogP contribution in [-0.4, -0.2) is 20.4 Å². The van der Waals surface area contributed by atoms with Crippen molar-refractivity contribution in [2.75, 3.05) is 9.80 Å². The first kappa shape index (κ1) is 63.5. The molecule has 0 aliphatic carbocycles. The van der Waals surface area contributed by atoms with Gasteiger partial charge in [0.05, 0.1) is 66.5 Å². The lowest BCUT2D eigenvalue weighted by Gasteiger charge is -2.45. The van der Waals surface area contributed by atoms with Crippen molar-refractivity contribution < 1.29 is 15.4 Å². The van der Waals surface area contributed by atoms with Crippen molar-refractivity contribution >= 4 is 145 Å². The molecule has 21 rings (SSSR count). The van der Waals surface area contributed by atoms with Gasteiger partial charge in [0, 0.05) is 83.0 Å². The third kappa shape index (κ3) is 11.4. The number of para-hydroxylation sites is 3. The smallest absolute Gasteiger partial charge is 0.252 e. The highest BCUT2D eigenvalue weighted by Gasteiger charge is 2.46. The van der Waals surface area contributed by atoms with Crippen LogP contribution in [0.3, 0.4) is 0 Å². The molecule has 0 saturated heterocycles. The molecule has 19 aromatic rings. The zero-order valence-electron chi connectivity index (χ0n) is 77.0. The molecule has 4 aromatic heterocycles. The van der Waals surface area contributed by atoms with Gasteiger partial charge in [-0.3, -0.25) is 0 Å². The number of furan rings is 1. The number of hydrogen-bond acceptors (Lipinski definition) is 3. The molecule has 117 heavy (non-hydrogen) atoms. The van der Waals surface area contributed by atoms with Gasteiger partial charge in [-0.05, 0) is 221 Å². The number of anilines is 6. The van der Waals surface area contributed by atoms with Gasteiger partial charge >= 0.3 is 0 Å². The molecule has 7 heteroatoms. The Labute approximate surface area is 697 Å². The molecule has 2 aliphatic heterocycles. The summed E-state index contributed by atoms with van der Waals surface area (Å²) in [5.41, 5.74) is 27.0. The Morgan fingerprint density at radius 2 is 0.658 bits per heavy atom. The summed E-state index contributed by atoms with van der Waals surface area (Å²) in [4.78, 5) is 5.04. The number of nitrogens with zero attached hydrogens (tertiary/aromatic N) is 5. The van der Waals surface area contributed by atoms with Gasteiger partial charge in [0.1, 0.15) is 11.2 Å². The van der Waals surface area contributed by atoms with Crippen LogP contribution >= 0.6 is 0 Å². The van der Waals surface area contributed by atoms with E-state index in [9.17, 15) is 11.0 Å². The molecular weight excluding hydrogens is 1420 g/mol. The van der Waals surface area contributed by atoms with Gasteiger partial charge in [0.15, 0.2) is 0 Å². The highest BCUT2D eigenvalue weighted by atomic mass is 16.3. The van der Waals surface area contributed by atoms with Crippen LogP contribution in [0.25, 0.3) is 138 Å². The quantitative estimate of drug-likeness (QED) is 0.142. The first-order chi connectivity index (χ1) is 59.5. The monoisotopic (exact) mass is 1520 g/mol. The fourth-order valence-corrected chi connectivity index (χ4v) is 18.8. The molecule has 0 amide bonds. The first-order valence-electron chi connectivity index (χ1n) is 45.1. The highest BCUT2D eigenvalue weighted by molar-refractivity contribution is 7.00. The predicted molar refractivity (Wildman–Crippen MR) is 501 cm³/mol. The fraction of sp³-hybridized carbons (Fsp3) is 0.182. The maximum atomic E-state index is 10.0. The molecule has 15 aromatic carbocycles. The lowest BCUT2D eigenvalue weighted by Crippen LogP contribution is -2.61. The van der Waals surface area contributed by atoms with Crippen molar-refractivity contribution in [1.29, 1.82) is 0 Å². The van der Waals surface area contributed by atoms with Gasteiger partial charge in [0.2, 0.25) is 0 Å². The average Bonchev–Trinajstić information content (AvgIpc) is 1.41. The van der Waals surface area contributed by atoms with Crippen molar-refractivity contribution in [3.63, 3.8) is 0 Å². The van der Waals surface area contributed by atoms with E-state index in [-0.39, 0.29) is 61.0 Å². The van der Waals surface area contributed by atoms with Gasteiger partial charge in [0.25, 0.3) is 6.71 Å². The summed E-state index contributed by atoms with van der Waals surface area (Å²) in [5, 5.41) is 6.30. The Hall–Kier alpha value is -12.8. The van der Waals surface area contributed by atoms with Crippen LogP contribution in [0, 0.1) is 0 Å². The molecule has 6 heterocycles. The zero-order chi connectivity index (χ0) is 87.2. The van der Waals surface area contributed by atoms with Crippen LogP contribution < -0.4 is 26.2 Å². The van der Waals surface area contributed by atoms with E-state index in [1.54, 1.807) is 4.57 Å². The molecule has 0 saturated carbocycles. The Morgan fingerprint density at radius 3 is 1.11 bits per heavy atom. The number of rotatable bonds is 8. The van der Waals surface area contributed by atoms with Crippen LogP contribution in [0.15, 0.2) is 314 Å². The first-order valence-corrected chi connectivity index (χ1v) is 41.1. The maximum Gasteiger partial charge on any atom is 0.252 e. The van der Waals surface area contributed by atoms with Crippen LogP contribution in [0.5, 0.6) is 0 Å². The number of fused-ring (bicyclic) bond motifs is 16. The third-order valence-corrected chi connectivity index (χ3v) is 25.0. The second-order valence-electron chi connectivity index (χ2n) is 37.6. The van der Waals surface area contributed by atoms with Crippen LogP contribution in [-0.2, 0) is 27.1 Å². The minimum absolute atomic E-state index is 0.00493. The van der Waals surface area contributed by atoms with E-state index in [0.717, 1.165) is 133 Å². The zero-order valence-corrected chi connectivity index (χ0v) is 69.0. The molecule has 570 valence electrons. The lowest BCUT2D eigenvalue weighted by atomic mass is 9.33. The molecule has 0 N–H and O–H groups in total. The fourth-order valence-electron chi connectivity index (χ4n) is 18.8. The molecule has 0 spiro atoms. The van der Waals surface area contributed by atoms with Crippen molar-refractivity contribution in [2.45, 2.75) is 131 Å². The van der Waals surface area contributed by atoms with Gasteiger partial charge in [-0.15, -0.1) is 0 Å². The predicted octanol–water partition coefficient (Wildman–Crippen LogP) is 28.4. The van der Waals surface area contributed by atoms with E-state index in [4.69, 9.17) is 4.42 Å². The van der Waals surface area contributed by atoms with E-state index in [0.29, 0.717) is 22.5 Å². The van der Waals surface area contributed by atoms with Crippen molar-refractivity contribution in [3.05, 3.63) is 337 Å². The standard InChI is InChI=1S/C110H96BN5O/c1-106(2,3)71-43-51-92-84(57-71)85-58-72(107(4,5)6)44-52-93(85)113(92)77-48-50-89-97(64-77)116(105-82(68-33-21-17-22-34-68)61-75(110(13,14)15)62-83(105)69-35-23-18-24-36-69)100-66-78(114-94-53-45-73(108(7,8)9)59-86(94)87-60-74(109(10,11)12)46-54-95(87)114)65-99-104(100)111(89)88-49-47-76(112-90-40-28-25-37-79(90)80-38-26-29-41-91(80)112)63-96(88)115(99)98-55-70(67-31-19-16-20-32-67)56-102-103(98)81-39-27-30-42-101(81)117-102/h16-66H,1-15H3/i25D,26D,28D,29D,37D,38D,40D,41D. The van der Waals surface area contributed by atoms with Crippen LogP contribution in [0.4, 0.5) is 34.1 Å². The molecule has 6 nitrogen and oxygen atoms in total. The van der Waals surface area contributed by atoms with E-state index in [1.165, 1.54) is 38.6 Å². The second-order valence-corrected chi connectivity index (χ2v) is 37.6. The molecule has 0 bridgehead atoms. The molecule has 0 unspecified atom stereocenters. The van der Waals surface area contributed by atoms with Crippen LogP contribution in [0.2, 0.25) is 0 Å². The van der Waals surface area contributed by atoms with E-state index < -0.39 is 43.0 Å². The largest absolute Gasteiger partial charge is 0.456 e. The topological polar surface area (TPSA) is 34.4 Å². The number of benzene rings is 15. The molecular formula is C110H96BN5O. The van der Waals surface area contributed by atoms with E-state index >= 15 is 0 Å². The SMILES string of the molecule is [2H]c1c([2H])c([2H])c2c(c1[2H])c1c([2H])c([2H])c([2H])c([2H])c1n2-c1ccc2c(c1)N(c1cc(-c3ccccc3)cc3oc4ccccc4c13)c1cc(-n3c4ccc(C(C)(C)C)cc4c4cc(C(C)(C)C)ccc43)cc3c1B2c1ccc(-n2c4ccc(C(C)(C)C)cc4c4cc(C(C)(C)C)ccc42)cc1N3c1c(-c2ccccc2)cc(C(C)(C)C)cc1-c1ccccc1. The van der Waals surface area contributed by atoms with Crippen molar-refractivity contribution in [1.82, 2.24) is 13.7 Å². The number of aromatic nitrogens is 3. The summed E-state index contributed by atoms with van der Waals surface area (Å²) in [5.74, 6) is 0. The number of hydrogen-bond donors (Lipinski definition) is 0. The van der Waals surface area contributed by atoms with Crippen molar-refractivity contribution in [3.8, 4) is 50.4 Å². The normalized spacial score (nSPS) is 14.3.